The quantitative estimate of drug-likeness (QED) is 0.472. The van der Waals surface area contributed by atoms with Gasteiger partial charge in [0.1, 0.15) is 0 Å². The molecule has 0 aliphatic heterocycles. The summed E-state index contributed by atoms with van der Waals surface area (Å²) in [5.41, 5.74) is -0.144. The van der Waals surface area contributed by atoms with E-state index < -0.39 is 17.8 Å². The Kier molecular flexibility index (Phi) is 3.85. The standard InChI is InChI=1S/C7H5Br2NO4S/c8-7(9)15(13,14)6-3-1-5(2-4-6)10(11)12/h1-4,7H. The molecule has 0 aliphatic carbocycles. The molecule has 0 amide bonds. The molecule has 0 atom stereocenters. The van der Waals surface area contributed by atoms with Gasteiger partial charge < -0.3 is 0 Å². The zero-order valence-corrected chi connectivity index (χ0v) is 11.1. The van der Waals surface area contributed by atoms with Crippen molar-refractivity contribution in [1.29, 1.82) is 0 Å². The number of alkyl halides is 2. The Labute approximate surface area is 103 Å². The number of rotatable bonds is 3. The van der Waals surface area contributed by atoms with Gasteiger partial charge in [0.05, 0.1) is 9.82 Å². The van der Waals surface area contributed by atoms with Gasteiger partial charge in [-0.2, -0.15) is 0 Å². The Balaban J connectivity index is 3.15. The van der Waals surface area contributed by atoms with Crippen LogP contribution in [0.25, 0.3) is 0 Å². The zero-order chi connectivity index (χ0) is 11.6. The lowest BCUT2D eigenvalue weighted by atomic mass is 10.3. The van der Waals surface area contributed by atoms with E-state index in [2.05, 4.69) is 31.9 Å². The monoisotopic (exact) mass is 357 g/mol. The Morgan fingerprint density at radius 2 is 1.67 bits per heavy atom. The van der Waals surface area contributed by atoms with Crippen molar-refractivity contribution < 1.29 is 13.3 Å². The predicted molar refractivity (Wildman–Crippen MR) is 61.9 cm³/mol. The van der Waals surface area contributed by atoms with Crippen molar-refractivity contribution in [2.24, 2.45) is 0 Å². The van der Waals surface area contributed by atoms with Crippen molar-refractivity contribution in [3.63, 3.8) is 0 Å². The second-order valence-corrected chi connectivity index (χ2v) is 8.86. The van der Waals surface area contributed by atoms with Crippen LogP contribution in [0.3, 0.4) is 0 Å². The first kappa shape index (κ1) is 12.6. The highest BCUT2D eigenvalue weighted by molar-refractivity contribution is 9.27. The molecule has 5 nitrogen and oxygen atoms in total. The van der Waals surface area contributed by atoms with E-state index in [1.54, 1.807) is 0 Å². The van der Waals surface area contributed by atoms with Gasteiger partial charge in [-0.25, -0.2) is 8.42 Å². The van der Waals surface area contributed by atoms with E-state index >= 15 is 0 Å². The van der Waals surface area contributed by atoms with Crippen molar-refractivity contribution >= 4 is 47.4 Å². The first-order valence-corrected chi connectivity index (χ1v) is 7.00. The van der Waals surface area contributed by atoms with Crippen molar-refractivity contribution in [3.05, 3.63) is 34.4 Å². The molecule has 1 rings (SSSR count). The number of sulfone groups is 1. The highest BCUT2D eigenvalue weighted by Crippen LogP contribution is 2.25. The van der Waals surface area contributed by atoms with Crippen LogP contribution in [0.4, 0.5) is 5.69 Å². The van der Waals surface area contributed by atoms with E-state index in [9.17, 15) is 18.5 Å². The molecule has 0 bridgehead atoms. The number of hydrogen-bond acceptors (Lipinski definition) is 4. The number of nitro groups is 1. The molecule has 0 aromatic heterocycles. The van der Waals surface area contributed by atoms with Crippen LogP contribution in [-0.4, -0.2) is 16.4 Å². The van der Waals surface area contributed by atoms with E-state index in [-0.39, 0.29) is 10.6 Å². The highest BCUT2D eigenvalue weighted by Gasteiger charge is 2.22. The van der Waals surface area contributed by atoms with Gasteiger partial charge >= 0.3 is 0 Å². The summed E-state index contributed by atoms with van der Waals surface area (Å²) in [4.78, 5) is 9.77. The third kappa shape index (κ3) is 2.76. The molecule has 0 radical (unpaired) electrons. The molecule has 0 saturated heterocycles. The number of hydrogen-bond donors (Lipinski definition) is 0. The van der Waals surface area contributed by atoms with Gasteiger partial charge in [-0.1, -0.05) is 31.9 Å². The van der Waals surface area contributed by atoms with Crippen LogP contribution in [0.15, 0.2) is 29.2 Å². The van der Waals surface area contributed by atoms with Crippen molar-refractivity contribution in [1.82, 2.24) is 0 Å². The van der Waals surface area contributed by atoms with Gasteiger partial charge in [-0.15, -0.1) is 0 Å². The van der Waals surface area contributed by atoms with Crippen LogP contribution in [0.1, 0.15) is 0 Å². The van der Waals surface area contributed by atoms with Crippen molar-refractivity contribution in [3.8, 4) is 0 Å². The SMILES string of the molecule is O=[N+]([O-])c1ccc(S(=O)(=O)C(Br)Br)cc1. The molecule has 82 valence electrons. The average molecular weight is 359 g/mol. The van der Waals surface area contributed by atoms with E-state index in [1.165, 1.54) is 12.1 Å². The zero-order valence-electron chi connectivity index (χ0n) is 7.13. The van der Waals surface area contributed by atoms with Gasteiger partial charge in [0.2, 0.25) is 9.84 Å². The third-order valence-corrected chi connectivity index (χ3v) is 5.96. The smallest absolute Gasteiger partial charge is 0.258 e. The third-order valence-electron chi connectivity index (χ3n) is 1.61. The fourth-order valence-electron chi connectivity index (χ4n) is 0.860. The van der Waals surface area contributed by atoms with Crippen LogP contribution in [-0.2, 0) is 9.84 Å². The van der Waals surface area contributed by atoms with Crippen molar-refractivity contribution in [2.75, 3.05) is 0 Å². The fourth-order valence-corrected chi connectivity index (χ4v) is 2.88. The summed E-state index contributed by atoms with van der Waals surface area (Å²) in [6, 6.07) is 4.69. The molecule has 0 saturated carbocycles. The summed E-state index contributed by atoms with van der Waals surface area (Å²) in [6.45, 7) is 0. The number of halogens is 2. The average Bonchev–Trinajstić information content (AvgIpc) is 2.17. The molecular weight excluding hydrogens is 354 g/mol. The Hall–Kier alpha value is -0.470. The minimum Gasteiger partial charge on any atom is -0.258 e. The number of nitro benzene ring substituents is 1. The van der Waals surface area contributed by atoms with E-state index in [4.69, 9.17) is 0 Å². The molecule has 0 N–H and O–H groups in total. The van der Waals surface area contributed by atoms with Crippen LogP contribution in [0, 0.1) is 10.1 Å². The molecule has 0 aliphatic rings. The minimum absolute atomic E-state index is 0.0202. The Morgan fingerprint density at radius 1 is 1.20 bits per heavy atom. The molecule has 1 aromatic carbocycles. The molecule has 1 aromatic rings. The lowest BCUT2D eigenvalue weighted by molar-refractivity contribution is -0.384. The van der Waals surface area contributed by atoms with Gasteiger partial charge in [-0.05, 0) is 12.1 Å². The van der Waals surface area contributed by atoms with Gasteiger partial charge in [0, 0.05) is 12.1 Å². The normalized spacial score (nSPS) is 11.7. The summed E-state index contributed by atoms with van der Waals surface area (Å²) in [7, 11) is -3.51. The predicted octanol–water partition coefficient (Wildman–Crippen LogP) is 2.44. The summed E-state index contributed by atoms with van der Waals surface area (Å²) in [5.74, 6) is 0. The topological polar surface area (TPSA) is 77.3 Å². The van der Waals surface area contributed by atoms with Gasteiger partial charge in [0.15, 0.2) is 3.07 Å². The van der Waals surface area contributed by atoms with Gasteiger partial charge in [0.25, 0.3) is 5.69 Å². The summed E-state index contributed by atoms with van der Waals surface area (Å²) in [6.07, 6.45) is 0. The van der Waals surface area contributed by atoms with Crippen molar-refractivity contribution in [2.45, 2.75) is 7.96 Å². The maximum atomic E-state index is 11.5. The van der Waals surface area contributed by atoms with Crippen LogP contribution < -0.4 is 0 Å². The first-order valence-electron chi connectivity index (χ1n) is 3.62. The maximum absolute atomic E-state index is 11.5. The molecule has 0 fully saturated rings. The van der Waals surface area contributed by atoms with Crippen LogP contribution in [0.5, 0.6) is 0 Å². The molecule has 0 unspecified atom stereocenters. The number of non-ortho nitro benzene ring substituents is 1. The second kappa shape index (κ2) is 4.58. The second-order valence-electron chi connectivity index (χ2n) is 2.56. The molecule has 8 heteroatoms. The molecule has 0 spiro atoms. The summed E-state index contributed by atoms with van der Waals surface area (Å²) < 4.78 is 22.2. The first-order chi connectivity index (χ1) is 6.85. The highest BCUT2D eigenvalue weighted by atomic mass is 79.9. The summed E-state index contributed by atoms with van der Waals surface area (Å²) in [5, 5.41) is 10.3. The van der Waals surface area contributed by atoms with E-state index in [0.29, 0.717) is 0 Å². The van der Waals surface area contributed by atoms with Gasteiger partial charge in [-0.3, -0.25) is 10.1 Å². The fraction of sp³-hybridized carbons (Fsp3) is 0.143. The lowest BCUT2D eigenvalue weighted by Crippen LogP contribution is -2.08. The van der Waals surface area contributed by atoms with Crippen LogP contribution in [0.2, 0.25) is 0 Å². The number of nitrogens with zero attached hydrogens (tertiary/aromatic N) is 1. The van der Waals surface area contributed by atoms with E-state index in [1.807, 2.05) is 0 Å². The van der Waals surface area contributed by atoms with E-state index in [0.717, 1.165) is 12.1 Å². The Bertz CT molecular complexity index is 468. The van der Waals surface area contributed by atoms with Crippen LogP contribution >= 0.6 is 31.9 Å². The molecule has 15 heavy (non-hydrogen) atoms. The number of benzene rings is 1. The molecular formula is C7H5Br2NO4S. The largest absolute Gasteiger partial charge is 0.269 e. The maximum Gasteiger partial charge on any atom is 0.269 e. The lowest BCUT2D eigenvalue weighted by Gasteiger charge is -2.03. The minimum atomic E-state index is -3.51. The Morgan fingerprint density at radius 3 is 2.00 bits per heavy atom. The molecule has 0 heterocycles. The summed E-state index contributed by atoms with van der Waals surface area (Å²) >= 11 is 5.75.